The van der Waals surface area contributed by atoms with Crippen LogP contribution in [0.15, 0.2) is 83.8 Å². The highest BCUT2D eigenvalue weighted by Crippen LogP contribution is 2.32. The van der Waals surface area contributed by atoms with Crippen molar-refractivity contribution in [2.24, 2.45) is 0 Å². The van der Waals surface area contributed by atoms with Gasteiger partial charge in [0.15, 0.2) is 0 Å². The van der Waals surface area contributed by atoms with Crippen molar-refractivity contribution in [3.63, 3.8) is 0 Å². The van der Waals surface area contributed by atoms with Gasteiger partial charge in [0.05, 0.1) is 17.7 Å². The maximum Gasteiger partial charge on any atom is 0.264 e. The molecule has 1 saturated heterocycles. The van der Waals surface area contributed by atoms with Crippen LogP contribution in [0.1, 0.15) is 12.8 Å². The third kappa shape index (κ3) is 4.89. The highest BCUT2D eigenvalue weighted by atomic mass is 32.2. The minimum atomic E-state index is -4.05. The molecule has 4 rings (SSSR count). The Kier molecular flexibility index (Phi) is 6.83. The zero-order valence-electron chi connectivity index (χ0n) is 18.7. The molecule has 176 valence electrons. The molecule has 2 amide bonds. The van der Waals surface area contributed by atoms with Crippen molar-refractivity contribution < 1.29 is 22.7 Å². The van der Waals surface area contributed by atoms with Crippen LogP contribution in [0.3, 0.4) is 0 Å². The van der Waals surface area contributed by atoms with Gasteiger partial charge in [-0.15, -0.1) is 0 Å². The molecule has 34 heavy (non-hydrogen) atoms. The molecule has 0 atom stereocenters. The summed E-state index contributed by atoms with van der Waals surface area (Å²) in [5.74, 6) is -0.111. The first-order valence-corrected chi connectivity index (χ1v) is 12.3. The number of anilines is 3. The molecule has 1 N–H and O–H groups in total. The molecule has 0 unspecified atom stereocenters. The molecule has 0 radical (unpaired) electrons. The molecule has 0 aromatic heterocycles. The van der Waals surface area contributed by atoms with E-state index in [1.54, 1.807) is 71.6 Å². The van der Waals surface area contributed by atoms with E-state index in [0.717, 1.165) is 16.4 Å². The number of carbonyl (C=O) groups excluding carboxylic acids is 2. The summed E-state index contributed by atoms with van der Waals surface area (Å²) < 4.78 is 33.3. The van der Waals surface area contributed by atoms with Crippen LogP contribution in [0.5, 0.6) is 5.75 Å². The van der Waals surface area contributed by atoms with E-state index in [1.165, 1.54) is 19.2 Å². The van der Waals surface area contributed by atoms with E-state index >= 15 is 0 Å². The molecule has 1 heterocycles. The van der Waals surface area contributed by atoms with Gasteiger partial charge in [-0.25, -0.2) is 8.42 Å². The Balaban J connectivity index is 1.58. The van der Waals surface area contributed by atoms with E-state index in [1.807, 2.05) is 0 Å². The Morgan fingerprint density at radius 3 is 2.32 bits per heavy atom. The zero-order chi connectivity index (χ0) is 24.1. The summed E-state index contributed by atoms with van der Waals surface area (Å²) in [6.45, 7) is 0.222. The summed E-state index contributed by atoms with van der Waals surface area (Å²) in [6, 6.07) is 21.5. The molecular formula is C25H25N3O5S. The van der Waals surface area contributed by atoms with Gasteiger partial charge in [0, 0.05) is 24.3 Å². The zero-order valence-corrected chi connectivity index (χ0v) is 19.5. The summed E-state index contributed by atoms with van der Waals surface area (Å²) >= 11 is 0. The number of sulfonamides is 1. The van der Waals surface area contributed by atoms with E-state index in [-0.39, 0.29) is 16.5 Å². The van der Waals surface area contributed by atoms with E-state index in [2.05, 4.69) is 5.32 Å². The summed E-state index contributed by atoms with van der Waals surface area (Å²) in [6.07, 6.45) is 1.36. The van der Waals surface area contributed by atoms with Crippen LogP contribution < -0.4 is 19.3 Å². The normalized spacial score (nSPS) is 13.6. The smallest absolute Gasteiger partial charge is 0.264 e. The Bertz CT molecular complexity index is 1280. The Morgan fingerprint density at radius 1 is 1.00 bits per heavy atom. The fourth-order valence-electron chi connectivity index (χ4n) is 3.83. The number of nitrogens with zero attached hydrogens (tertiary/aromatic N) is 2. The van der Waals surface area contributed by atoms with Gasteiger partial charge in [-0.3, -0.25) is 13.9 Å². The van der Waals surface area contributed by atoms with Crippen molar-refractivity contribution in [3.05, 3.63) is 78.9 Å². The van der Waals surface area contributed by atoms with E-state index in [4.69, 9.17) is 4.74 Å². The average molecular weight is 480 g/mol. The number of benzene rings is 3. The van der Waals surface area contributed by atoms with Crippen molar-refractivity contribution in [1.29, 1.82) is 0 Å². The van der Waals surface area contributed by atoms with Crippen LogP contribution in [0, 0.1) is 0 Å². The van der Waals surface area contributed by atoms with E-state index in [9.17, 15) is 18.0 Å². The van der Waals surface area contributed by atoms with Gasteiger partial charge in [-0.05, 0) is 55.0 Å². The molecule has 3 aromatic carbocycles. The summed E-state index contributed by atoms with van der Waals surface area (Å²) in [5.41, 5.74) is 1.52. The molecule has 0 saturated carbocycles. The SMILES string of the molecule is COc1ccccc1N(CC(=O)Nc1ccc(N2CCCC2=O)cc1)S(=O)(=O)c1ccccc1. The lowest BCUT2D eigenvalue weighted by Crippen LogP contribution is -2.38. The summed E-state index contributed by atoms with van der Waals surface area (Å²) in [7, 11) is -2.61. The minimum absolute atomic E-state index is 0.0633. The first kappa shape index (κ1) is 23.3. The first-order valence-electron chi connectivity index (χ1n) is 10.8. The van der Waals surface area contributed by atoms with Crippen LogP contribution in [0.2, 0.25) is 0 Å². The van der Waals surface area contributed by atoms with Crippen molar-refractivity contribution in [2.75, 3.05) is 34.7 Å². The van der Waals surface area contributed by atoms with Crippen LogP contribution >= 0.6 is 0 Å². The van der Waals surface area contributed by atoms with E-state index in [0.29, 0.717) is 24.4 Å². The number of rotatable bonds is 8. The largest absolute Gasteiger partial charge is 0.495 e. The topological polar surface area (TPSA) is 96.0 Å². The molecule has 1 fully saturated rings. The first-order chi connectivity index (χ1) is 16.4. The standard InChI is InChI=1S/C25H25N3O5S/c1-33-23-11-6-5-10-22(23)28(34(31,32)21-8-3-2-4-9-21)18-24(29)26-19-13-15-20(16-14-19)27-17-7-12-25(27)30/h2-6,8-11,13-16H,7,12,17-18H2,1H3,(H,26,29). The van der Waals surface area contributed by atoms with Gasteiger partial charge in [-0.1, -0.05) is 30.3 Å². The van der Waals surface area contributed by atoms with Crippen LogP contribution in [0.4, 0.5) is 17.1 Å². The van der Waals surface area contributed by atoms with Crippen LogP contribution in [0.25, 0.3) is 0 Å². The lowest BCUT2D eigenvalue weighted by molar-refractivity contribution is -0.117. The van der Waals surface area contributed by atoms with Crippen LogP contribution in [-0.4, -0.2) is 40.4 Å². The maximum absolute atomic E-state index is 13.5. The van der Waals surface area contributed by atoms with Gasteiger partial charge >= 0.3 is 0 Å². The third-order valence-electron chi connectivity index (χ3n) is 5.51. The molecule has 9 heteroatoms. The molecule has 8 nitrogen and oxygen atoms in total. The number of ether oxygens (including phenoxy) is 1. The molecule has 0 spiro atoms. The predicted molar refractivity (Wildman–Crippen MR) is 131 cm³/mol. The summed E-state index contributed by atoms with van der Waals surface area (Å²) in [5, 5.41) is 2.74. The second kappa shape index (κ2) is 9.96. The number of nitrogens with one attached hydrogen (secondary N) is 1. The van der Waals surface area contributed by atoms with Gasteiger partial charge in [0.2, 0.25) is 11.8 Å². The van der Waals surface area contributed by atoms with Gasteiger partial charge in [0.25, 0.3) is 10.0 Å². The molecule has 1 aliphatic heterocycles. The second-order valence-corrected chi connectivity index (χ2v) is 9.60. The van der Waals surface area contributed by atoms with Crippen molar-refractivity contribution in [1.82, 2.24) is 0 Å². The van der Waals surface area contributed by atoms with E-state index < -0.39 is 22.5 Å². The quantitative estimate of drug-likeness (QED) is 0.532. The minimum Gasteiger partial charge on any atom is -0.495 e. The van der Waals surface area contributed by atoms with Gasteiger partial charge < -0.3 is 15.0 Å². The fourth-order valence-corrected chi connectivity index (χ4v) is 5.28. The maximum atomic E-state index is 13.5. The highest BCUT2D eigenvalue weighted by Gasteiger charge is 2.29. The lowest BCUT2D eigenvalue weighted by atomic mass is 10.2. The number of carbonyl (C=O) groups is 2. The third-order valence-corrected chi connectivity index (χ3v) is 7.28. The summed E-state index contributed by atoms with van der Waals surface area (Å²) in [4.78, 5) is 26.7. The second-order valence-electron chi connectivity index (χ2n) is 7.74. The Hall–Kier alpha value is -3.85. The van der Waals surface area contributed by atoms with Gasteiger partial charge in [-0.2, -0.15) is 0 Å². The Morgan fingerprint density at radius 2 is 1.68 bits per heavy atom. The molecule has 0 bridgehead atoms. The fraction of sp³-hybridized carbons (Fsp3) is 0.200. The average Bonchev–Trinajstić information content (AvgIpc) is 3.29. The molecule has 3 aromatic rings. The number of hydrogen-bond acceptors (Lipinski definition) is 5. The monoisotopic (exact) mass is 479 g/mol. The lowest BCUT2D eigenvalue weighted by Gasteiger charge is -2.25. The molecule has 1 aliphatic rings. The van der Waals surface area contributed by atoms with Crippen LogP contribution in [-0.2, 0) is 19.6 Å². The van der Waals surface area contributed by atoms with Crippen molar-refractivity contribution >= 4 is 38.9 Å². The number of amides is 2. The van der Waals surface area contributed by atoms with Crippen molar-refractivity contribution in [3.8, 4) is 5.75 Å². The Labute approximate surface area is 198 Å². The number of hydrogen-bond donors (Lipinski definition) is 1. The molecular weight excluding hydrogens is 454 g/mol. The highest BCUT2D eigenvalue weighted by molar-refractivity contribution is 7.92. The van der Waals surface area contributed by atoms with Gasteiger partial charge in [0.1, 0.15) is 12.3 Å². The number of methoxy groups -OCH3 is 1. The predicted octanol–water partition coefficient (Wildman–Crippen LogP) is 3.66. The van der Waals surface area contributed by atoms with Crippen molar-refractivity contribution in [2.45, 2.75) is 17.7 Å². The number of para-hydroxylation sites is 2. The molecule has 0 aliphatic carbocycles.